The molecule has 0 spiro atoms. The smallest absolute Gasteiger partial charge is 0.0623 e. The van der Waals surface area contributed by atoms with E-state index in [0.29, 0.717) is 0 Å². The quantitative estimate of drug-likeness (QED) is 0.354. The first-order chi connectivity index (χ1) is 9.00. The molecule has 0 heterocycles. The summed E-state index contributed by atoms with van der Waals surface area (Å²) in [7, 11) is -18.0. The summed E-state index contributed by atoms with van der Waals surface area (Å²) in [5.41, 5.74) is 0. The Hall–Kier alpha value is -1.18. The van der Waals surface area contributed by atoms with Crippen LogP contribution in [0.4, 0.5) is 75.3 Å². The van der Waals surface area contributed by atoms with E-state index in [1.807, 2.05) is 36.4 Å². The molecule has 0 saturated heterocycles. The van der Waals surface area contributed by atoms with Crippen LogP contribution in [0.1, 0.15) is 0 Å². The molecule has 0 aliphatic carbocycles. The molecule has 0 atom stereocenters. The van der Waals surface area contributed by atoms with E-state index in [1.54, 1.807) is 0 Å². The van der Waals surface area contributed by atoms with Crippen LogP contribution >= 0.6 is 0 Å². The second-order valence-corrected chi connectivity index (χ2v) is 2.64. The average molecular weight is 447 g/mol. The predicted octanol–water partition coefficient (Wildman–Crippen LogP) is 5.70. The summed E-state index contributed by atoms with van der Waals surface area (Å²) in [5.74, 6) is 0. The zero-order valence-electron chi connectivity index (χ0n) is 11.8. The summed E-state index contributed by atoms with van der Waals surface area (Å²) in [6, 6.07) is 12.0. The zero-order chi connectivity index (χ0) is 17.7. The Morgan fingerprint density at radius 2 is 0.333 bits per heavy atom. The van der Waals surface area contributed by atoms with E-state index in [4.69, 9.17) is 0 Å². The molecule has 1 aromatic rings. The normalized spacial score (nSPS) is 8.44. The average Bonchev–Trinajstić information content (AvgIpc) is 2.12. The molecule has 21 heteroatoms. The van der Waals surface area contributed by atoms with Gasteiger partial charge in [-0.3, -0.25) is 23.5 Å². The monoisotopic (exact) mass is 447 g/mol. The third-order valence-corrected chi connectivity index (χ3v) is 0.667. The Bertz CT molecular complexity index is 253. The van der Waals surface area contributed by atoms with Crippen molar-refractivity contribution in [2.75, 3.05) is 0 Å². The molecular weight excluding hydrogens is 434 g/mol. The van der Waals surface area contributed by atoms with Gasteiger partial charge in [-0.2, -0.15) is 0 Å². The Morgan fingerprint density at radius 3 is 0.370 bits per heavy atom. The molecule has 1 rings (SSSR count). The molecule has 0 aliphatic heterocycles. The first-order valence-electron chi connectivity index (χ1n) is 4.62. The number of hydrogen-bond acceptors (Lipinski definition) is 0. The molecule has 0 nitrogen and oxygen atoms in total. The Balaban J connectivity index is -0.0000000214. The maximum absolute atomic E-state index is 9.75. The van der Waals surface area contributed by atoms with Crippen LogP contribution in [0.15, 0.2) is 36.4 Å². The first kappa shape index (κ1) is 56.2. The molecular formula is C6H12B3F17Li-3. The summed E-state index contributed by atoms with van der Waals surface area (Å²) in [6.07, 6.45) is 0. The minimum atomic E-state index is -6.00. The van der Waals surface area contributed by atoms with Gasteiger partial charge in [0.25, 0.3) is 0 Å². The van der Waals surface area contributed by atoms with Gasteiger partial charge >= 0.3 is 40.6 Å². The molecule has 0 amide bonds. The van der Waals surface area contributed by atoms with Gasteiger partial charge in [0, 0.05) is 0 Å². The van der Waals surface area contributed by atoms with Crippen molar-refractivity contribution in [3.05, 3.63) is 36.4 Å². The standard InChI is InChI=1S/C6H6.3BF4.5FH.Li.H/c1-2-4-6-5-3-1;3*2-1(3,4)5;;;;;;;/h1-6H;;;;5*1H;;/q;3*-1;;;;;;;. The number of halogens is 17. The molecule has 0 bridgehead atoms. The van der Waals surface area contributed by atoms with Gasteiger partial charge in [0.1, 0.15) is 0 Å². The molecule has 0 aromatic heterocycles. The summed E-state index contributed by atoms with van der Waals surface area (Å²) >= 11 is 0. The second kappa shape index (κ2) is 27.0. The molecule has 1 aromatic carbocycles. The summed E-state index contributed by atoms with van der Waals surface area (Å²) in [5, 5.41) is 0. The largest absolute Gasteiger partial charge is 0.0623 e. The van der Waals surface area contributed by atoms with E-state index in [-0.39, 0.29) is 42.4 Å². The zero-order valence-corrected chi connectivity index (χ0v) is 11.8. The van der Waals surface area contributed by atoms with Crippen molar-refractivity contribution in [1.29, 1.82) is 0 Å². The maximum atomic E-state index is 9.75. The Labute approximate surface area is 153 Å². The van der Waals surface area contributed by atoms with Gasteiger partial charge in [-0.1, -0.05) is 36.4 Å². The van der Waals surface area contributed by atoms with Gasteiger partial charge in [-0.05, 0) is 0 Å². The molecule has 0 fully saturated rings. The van der Waals surface area contributed by atoms with E-state index in [2.05, 4.69) is 0 Å². The van der Waals surface area contributed by atoms with Gasteiger partial charge < -0.3 is 51.8 Å². The van der Waals surface area contributed by atoms with Crippen molar-refractivity contribution in [2.45, 2.75) is 0 Å². The third kappa shape index (κ3) is 556. The van der Waals surface area contributed by atoms with Gasteiger partial charge in [0.2, 0.25) is 0 Å². The van der Waals surface area contributed by atoms with Crippen LogP contribution in [0.25, 0.3) is 0 Å². The molecule has 0 unspecified atom stereocenters. The van der Waals surface area contributed by atoms with Crippen molar-refractivity contribution in [2.24, 2.45) is 0 Å². The van der Waals surface area contributed by atoms with Crippen LogP contribution in [-0.4, -0.2) is 40.6 Å². The minimum Gasteiger partial charge on any atom is -0.0623 e. The van der Waals surface area contributed by atoms with Crippen LogP contribution in [0.5, 0.6) is 0 Å². The molecule has 0 aliphatic rings. The van der Waals surface area contributed by atoms with Gasteiger partial charge in [-0.15, -0.1) is 0 Å². The van der Waals surface area contributed by atoms with Gasteiger partial charge in [0.15, 0.2) is 0 Å². The number of hydrogen-bond donors (Lipinski definition) is 0. The second-order valence-electron chi connectivity index (χ2n) is 2.64. The van der Waals surface area contributed by atoms with Crippen molar-refractivity contribution < 1.29 is 75.3 Å². The van der Waals surface area contributed by atoms with Gasteiger partial charge in [0.05, 0.1) is 0 Å². The van der Waals surface area contributed by atoms with Crippen molar-refractivity contribution >= 4 is 40.6 Å². The minimum absolute atomic E-state index is 0. The van der Waals surface area contributed by atoms with Crippen LogP contribution in [0, 0.1) is 0 Å². The molecule has 168 valence electrons. The van der Waals surface area contributed by atoms with Crippen LogP contribution in [0.2, 0.25) is 0 Å². The summed E-state index contributed by atoms with van der Waals surface area (Å²) < 4.78 is 117. The van der Waals surface area contributed by atoms with Gasteiger partial charge in [-0.25, -0.2) is 0 Å². The molecule has 0 radical (unpaired) electrons. The Kier molecular flexibility index (Phi) is 56.3. The van der Waals surface area contributed by atoms with E-state index >= 15 is 0 Å². The van der Waals surface area contributed by atoms with Crippen molar-refractivity contribution in [3.63, 3.8) is 0 Å². The third-order valence-electron chi connectivity index (χ3n) is 0.667. The fourth-order valence-electron chi connectivity index (χ4n) is 0.385. The predicted molar refractivity (Wildman–Crippen MR) is 76.7 cm³/mol. The van der Waals surface area contributed by atoms with E-state index in [1.165, 1.54) is 0 Å². The van der Waals surface area contributed by atoms with Crippen molar-refractivity contribution in [3.8, 4) is 0 Å². The SMILES string of the molecule is F.F.F.F.F.F[B-](F)(F)F.F[B-](F)(F)F.F[B-](F)(F)F.[LiH].c1ccccc1. The first-order valence-corrected chi connectivity index (χ1v) is 4.62. The topological polar surface area (TPSA) is 0 Å². The number of benzene rings is 1. The van der Waals surface area contributed by atoms with Crippen LogP contribution in [0.3, 0.4) is 0 Å². The Morgan fingerprint density at radius 1 is 0.296 bits per heavy atom. The summed E-state index contributed by atoms with van der Waals surface area (Å²) in [4.78, 5) is 0. The van der Waals surface area contributed by atoms with Crippen LogP contribution in [-0.2, 0) is 0 Å². The van der Waals surface area contributed by atoms with E-state index < -0.39 is 21.8 Å². The van der Waals surface area contributed by atoms with E-state index in [0.717, 1.165) is 0 Å². The van der Waals surface area contributed by atoms with Crippen LogP contribution < -0.4 is 0 Å². The molecule has 27 heavy (non-hydrogen) atoms. The van der Waals surface area contributed by atoms with Crippen molar-refractivity contribution in [1.82, 2.24) is 0 Å². The fraction of sp³-hybridized carbons (Fsp3) is 0. The molecule has 0 saturated carbocycles. The van der Waals surface area contributed by atoms with E-state index in [9.17, 15) is 51.8 Å². The maximum Gasteiger partial charge on any atom is -0.0623 e. The number of rotatable bonds is 0. The summed E-state index contributed by atoms with van der Waals surface area (Å²) in [6.45, 7) is 0. The fourth-order valence-corrected chi connectivity index (χ4v) is 0.385. The molecule has 0 N–H and O–H groups in total.